The fraction of sp³-hybridized carbons (Fsp3) is 0.450. The number of benzene rings is 1. The van der Waals surface area contributed by atoms with Gasteiger partial charge < -0.3 is 20.1 Å². The van der Waals surface area contributed by atoms with Gasteiger partial charge in [0.15, 0.2) is 0 Å². The Balaban J connectivity index is 1.40. The molecule has 0 unspecified atom stereocenters. The minimum Gasteiger partial charge on any atom is -0.488 e. The largest absolute Gasteiger partial charge is 0.488 e. The van der Waals surface area contributed by atoms with Gasteiger partial charge >= 0.3 is 0 Å². The lowest BCUT2D eigenvalue weighted by Gasteiger charge is -2.36. The van der Waals surface area contributed by atoms with Gasteiger partial charge in [0.1, 0.15) is 22.8 Å². The molecule has 2 atom stereocenters. The minimum absolute atomic E-state index is 0.0278. The molecule has 0 spiro atoms. The van der Waals surface area contributed by atoms with Crippen molar-refractivity contribution in [3.05, 3.63) is 39.3 Å². The highest BCUT2D eigenvalue weighted by atomic mass is 32.1. The highest BCUT2D eigenvalue weighted by Gasteiger charge is 2.33. The van der Waals surface area contributed by atoms with Crippen molar-refractivity contribution in [3.8, 4) is 5.75 Å². The molecule has 0 radical (unpaired) electrons. The van der Waals surface area contributed by atoms with E-state index >= 15 is 0 Å². The van der Waals surface area contributed by atoms with Gasteiger partial charge in [-0.15, -0.1) is 11.3 Å². The maximum absolute atomic E-state index is 12.7. The number of rotatable bonds is 3. The molecule has 0 bridgehead atoms. The van der Waals surface area contributed by atoms with E-state index in [1.54, 1.807) is 11.0 Å². The summed E-state index contributed by atoms with van der Waals surface area (Å²) in [5.74, 6) is 0.623. The molecule has 7 nitrogen and oxygen atoms in total. The van der Waals surface area contributed by atoms with Crippen molar-refractivity contribution in [1.29, 1.82) is 0 Å². The number of nitrogens with one attached hydrogen (secondary N) is 1. The topological polar surface area (TPSA) is 91.8 Å². The summed E-state index contributed by atoms with van der Waals surface area (Å²) in [6.45, 7) is 4.48. The Morgan fingerprint density at radius 2 is 2.18 bits per heavy atom. The molecule has 0 aliphatic carbocycles. The van der Waals surface area contributed by atoms with Gasteiger partial charge in [-0.1, -0.05) is 0 Å². The lowest BCUT2D eigenvalue weighted by atomic mass is 10.0. The molecular formula is C20H23N3O4S. The predicted octanol–water partition coefficient (Wildman–Crippen LogP) is 2.30. The molecule has 8 heteroatoms. The third-order valence-electron chi connectivity index (χ3n) is 5.16. The number of ether oxygens (including phenoxy) is 1. The van der Waals surface area contributed by atoms with Gasteiger partial charge in [0.25, 0.3) is 5.91 Å². The van der Waals surface area contributed by atoms with E-state index in [0.29, 0.717) is 36.4 Å². The van der Waals surface area contributed by atoms with Gasteiger partial charge in [-0.2, -0.15) is 0 Å². The molecule has 1 saturated heterocycles. The Morgan fingerprint density at radius 3 is 2.89 bits per heavy atom. The molecule has 2 amide bonds. The van der Waals surface area contributed by atoms with Crippen LogP contribution in [0.3, 0.4) is 0 Å². The highest BCUT2D eigenvalue weighted by molar-refractivity contribution is 7.13. The smallest absolute Gasteiger partial charge is 0.265 e. The Morgan fingerprint density at radius 1 is 1.36 bits per heavy atom. The van der Waals surface area contributed by atoms with E-state index < -0.39 is 6.10 Å². The molecule has 148 valence electrons. The van der Waals surface area contributed by atoms with Crippen LogP contribution in [0.4, 0.5) is 5.69 Å². The molecule has 2 aromatic rings. The summed E-state index contributed by atoms with van der Waals surface area (Å²) >= 11 is 1.39. The quantitative estimate of drug-likeness (QED) is 0.823. The van der Waals surface area contributed by atoms with Crippen molar-refractivity contribution in [2.45, 2.75) is 45.3 Å². The fourth-order valence-electron chi connectivity index (χ4n) is 3.71. The van der Waals surface area contributed by atoms with Gasteiger partial charge in [-0.25, -0.2) is 4.98 Å². The van der Waals surface area contributed by atoms with Crippen LogP contribution in [0, 0.1) is 13.8 Å². The number of carbonyl (C=O) groups is 2. The third kappa shape index (κ3) is 3.74. The van der Waals surface area contributed by atoms with E-state index in [1.807, 2.05) is 26.0 Å². The standard InChI is InChI=1S/C20H23N3O4S/c1-11-19(28-12(2)21-11)20(26)23-8-7-17(16(24)10-23)27-14-4-5-15-13(9-14)3-6-18(25)22-15/h4-5,9,16-17,24H,3,6-8,10H2,1-2H3,(H,22,25)/t16-,17-/m1/s1. The van der Waals surface area contributed by atoms with E-state index in [4.69, 9.17) is 4.74 Å². The number of anilines is 1. The van der Waals surface area contributed by atoms with Crippen molar-refractivity contribution in [2.24, 2.45) is 0 Å². The molecular weight excluding hydrogens is 378 g/mol. The zero-order chi connectivity index (χ0) is 19.8. The van der Waals surface area contributed by atoms with E-state index in [2.05, 4.69) is 10.3 Å². The van der Waals surface area contributed by atoms with E-state index in [-0.39, 0.29) is 24.5 Å². The number of nitrogens with zero attached hydrogens (tertiary/aromatic N) is 2. The van der Waals surface area contributed by atoms with Crippen LogP contribution in [-0.2, 0) is 11.2 Å². The Labute approximate surface area is 167 Å². The number of piperidine rings is 1. The summed E-state index contributed by atoms with van der Waals surface area (Å²) < 4.78 is 6.01. The van der Waals surface area contributed by atoms with Gasteiger partial charge in [-0.05, 0) is 44.0 Å². The van der Waals surface area contributed by atoms with E-state index in [9.17, 15) is 14.7 Å². The van der Waals surface area contributed by atoms with E-state index in [1.165, 1.54) is 11.3 Å². The number of aryl methyl sites for hydroxylation is 3. The average Bonchev–Trinajstić information content (AvgIpc) is 3.01. The number of hydrogen-bond acceptors (Lipinski definition) is 6. The first kappa shape index (κ1) is 18.9. The molecule has 2 aliphatic rings. The summed E-state index contributed by atoms with van der Waals surface area (Å²) in [5.41, 5.74) is 2.59. The summed E-state index contributed by atoms with van der Waals surface area (Å²) in [5, 5.41) is 14.3. The average molecular weight is 401 g/mol. The van der Waals surface area contributed by atoms with Crippen molar-refractivity contribution >= 4 is 28.8 Å². The first-order valence-electron chi connectivity index (χ1n) is 9.41. The number of hydrogen-bond donors (Lipinski definition) is 2. The van der Waals surface area contributed by atoms with Crippen molar-refractivity contribution in [1.82, 2.24) is 9.88 Å². The van der Waals surface area contributed by atoms with Gasteiger partial charge in [-0.3, -0.25) is 9.59 Å². The van der Waals surface area contributed by atoms with Crippen molar-refractivity contribution in [3.63, 3.8) is 0 Å². The number of thiazole rings is 1. The number of aliphatic hydroxyl groups is 1. The number of amides is 2. The second-order valence-corrected chi connectivity index (χ2v) is 8.48. The fourth-order valence-corrected chi connectivity index (χ4v) is 4.60. The Kier molecular flexibility index (Phi) is 5.07. The van der Waals surface area contributed by atoms with E-state index in [0.717, 1.165) is 22.0 Å². The Hall–Kier alpha value is -2.45. The van der Waals surface area contributed by atoms with Crippen LogP contribution in [0.25, 0.3) is 0 Å². The maximum Gasteiger partial charge on any atom is 0.265 e. The van der Waals surface area contributed by atoms with Crippen LogP contribution >= 0.6 is 11.3 Å². The normalized spacial score (nSPS) is 21.8. The number of likely N-dealkylation sites (tertiary alicyclic amines) is 1. The molecule has 28 heavy (non-hydrogen) atoms. The summed E-state index contributed by atoms with van der Waals surface area (Å²) in [6, 6.07) is 5.56. The second-order valence-electron chi connectivity index (χ2n) is 7.28. The van der Waals surface area contributed by atoms with Gasteiger partial charge in [0.2, 0.25) is 5.91 Å². The molecule has 1 aromatic heterocycles. The first-order valence-corrected chi connectivity index (χ1v) is 10.2. The predicted molar refractivity (Wildman–Crippen MR) is 106 cm³/mol. The highest BCUT2D eigenvalue weighted by Crippen LogP contribution is 2.29. The van der Waals surface area contributed by atoms with Crippen LogP contribution < -0.4 is 10.1 Å². The zero-order valence-corrected chi connectivity index (χ0v) is 16.7. The van der Waals surface area contributed by atoms with Gasteiger partial charge in [0, 0.05) is 25.1 Å². The summed E-state index contributed by atoms with van der Waals surface area (Å²) in [7, 11) is 0. The maximum atomic E-state index is 12.7. The van der Waals surface area contributed by atoms with Gasteiger partial charge in [0.05, 0.1) is 17.2 Å². The molecule has 2 N–H and O–H groups in total. The van der Waals surface area contributed by atoms with Crippen LogP contribution in [0.2, 0.25) is 0 Å². The molecule has 1 aromatic carbocycles. The van der Waals surface area contributed by atoms with Crippen molar-refractivity contribution < 1.29 is 19.4 Å². The van der Waals surface area contributed by atoms with Crippen LogP contribution in [-0.4, -0.2) is 52.1 Å². The summed E-state index contributed by atoms with van der Waals surface area (Å²) in [4.78, 5) is 30.8. The first-order chi connectivity index (χ1) is 13.4. The second kappa shape index (κ2) is 7.52. The molecule has 4 rings (SSSR count). The zero-order valence-electron chi connectivity index (χ0n) is 15.9. The molecule has 0 saturated carbocycles. The minimum atomic E-state index is -0.761. The molecule has 3 heterocycles. The molecule has 1 fully saturated rings. The third-order valence-corrected chi connectivity index (χ3v) is 6.23. The number of aliphatic hydroxyl groups excluding tert-OH is 1. The van der Waals surface area contributed by atoms with Crippen LogP contribution in [0.15, 0.2) is 18.2 Å². The number of aromatic nitrogens is 1. The lowest BCUT2D eigenvalue weighted by Crippen LogP contribution is -2.51. The monoisotopic (exact) mass is 401 g/mol. The molecule has 2 aliphatic heterocycles. The lowest BCUT2D eigenvalue weighted by molar-refractivity contribution is -0.116. The van der Waals surface area contributed by atoms with Crippen LogP contribution in [0.5, 0.6) is 5.75 Å². The summed E-state index contributed by atoms with van der Waals surface area (Å²) in [6.07, 6.45) is 0.571. The number of carbonyl (C=O) groups excluding carboxylic acids is 2. The SMILES string of the molecule is Cc1nc(C)c(C(=O)N2CC[C@@H](Oc3ccc4c(c3)CCC(=O)N4)[C@H](O)C2)s1. The Bertz CT molecular complexity index is 926. The number of fused-ring (bicyclic) bond motifs is 1. The van der Waals surface area contributed by atoms with Crippen molar-refractivity contribution in [2.75, 3.05) is 18.4 Å². The van der Waals surface area contributed by atoms with Crippen LogP contribution in [0.1, 0.15) is 38.8 Å². The number of β-amino-alcohol motifs (C(OH)–C–C–N with tert-alkyl or cyclic N) is 1.